The van der Waals surface area contributed by atoms with Crippen LogP contribution in [0.2, 0.25) is 5.02 Å². The van der Waals surface area contributed by atoms with Gasteiger partial charge in [0.1, 0.15) is 12.4 Å². The molecule has 1 aromatic heterocycles. The van der Waals surface area contributed by atoms with Crippen LogP contribution in [0.25, 0.3) is 11.8 Å². The first-order valence-corrected chi connectivity index (χ1v) is 11.8. The summed E-state index contributed by atoms with van der Waals surface area (Å²) in [5.41, 5.74) is 6.57. The molecule has 33 heavy (non-hydrogen) atoms. The lowest BCUT2D eigenvalue weighted by molar-refractivity contribution is -0.123. The second kappa shape index (κ2) is 9.49. The molecule has 0 N–H and O–H groups in total. The van der Waals surface area contributed by atoms with Crippen molar-refractivity contribution in [2.75, 3.05) is 13.2 Å². The lowest BCUT2D eigenvalue weighted by Crippen LogP contribution is -2.32. The van der Waals surface area contributed by atoms with E-state index < -0.39 is 0 Å². The Bertz CT molecular complexity index is 1260. The van der Waals surface area contributed by atoms with Gasteiger partial charge in [-0.25, -0.2) is 0 Å². The number of nitrogens with zero attached hydrogens (tertiary/aromatic N) is 2. The summed E-state index contributed by atoms with van der Waals surface area (Å²) in [7, 11) is 0. The topological polar surface area (TPSA) is 51.5 Å². The van der Waals surface area contributed by atoms with Crippen LogP contribution in [0, 0.1) is 27.7 Å². The Balaban J connectivity index is 1.50. The molecule has 0 radical (unpaired) electrons. The molecule has 0 aliphatic carbocycles. The van der Waals surface area contributed by atoms with Crippen LogP contribution in [-0.2, 0) is 4.79 Å². The third-order valence-electron chi connectivity index (χ3n) is 5.78. The number of rotatable bonds is 6. The zero-order valence-corrected chi connectivity index (χ0v) is 20.6. The first kappa shape index (κ1) is 23.2. The van der Waals surface area contributed by atoms with Crippen LogP contribution >= 0.6 is 23.4 Å². The third kappa shape index (κ3) is 4.87. The average molecular weight is 481 g/mol. The third-order valence-corrected chi connectivity index (χ3v) is 6.94. The van der Waals surface area contributed by atoms with Crippen molar-refractivity contribution in [2.45, 2.75) is 27.7 Å². The molecule has 2 aromatic carbocycles. The van der Waals surface area contributed by atoms with Crippen LogP contribution in [0.5, 0.6) is 5.75 Å². The minimum atomic E-state index is -0.291. The molecule has 1 saturated heterocycles. The van der Waals surface area contributed by atoms with Gasteiger partial charge in [0.25, 0.3) is 11.1 Å². The molecule has 1 aliphatic rings. The number of ether oxygens (including phenoxy) is 1. The van der Waals surface area contributed by atoms with Gasteiger partial charge in [-0.15, -0.1) is 0 Å². The highest BCUT2D eigenvalue weighted by molar-refractivity contribution is 8.18. The summed E-state index contributed by atoms with van der Waals surface area (Å²) in [5, 5.41) is 0.337. The number of hydrogen-bond acceptors (Lipinski definition) is 4. The number of benzene rings is 2. The van der Waals surface area contributed by atoms with Gasteiger partial charge in [-0.3, -0.25) is 14.5 Å². The van der Waals surface area contributed by atoms with Gasteiger partial charge in [0.15, 0.2) is 0 Å². The number of thioether (sulfide) groups is 1. The Hall–Kier alpha value is -2.96. The number of amides is 2. The van der Waals surface area contributed by atoms with E-state index >= 15 is 0 Å². The summed E-state index contributed by atoms with van der Waals surface area (Å²) in [6.45, 7) is 8.66. The number of hydrogen-bond donors (Lipinski definition) is 0. The maximum Gasteiger partial charge on any atom is 0.293 e. The maximum atomic E-state index is 12.9. The number of aromatic nitrogens is 1. The molecule has 7 heteroatoms. The smallest absolute Gasteiger partial charge is 0.293 e. The highest BCUT2D eigenvalue weighted by Crippen LogP contribution is 2.34. The molecular weight excluding hydrogens is 456 g/mol. The maximum absolute atomic E-state index is 12.9. The van der Waals surface area contributed by atoms with E-state index in [0.29, 0.717) is 15.7 Å². The molecule has 0 saturated carbocycles. The monoisotopic (exact) mass is 480 g/mol. The lowest BCUT2D eigenvalue weighted by atomic mass is 10.1. The summed E-state index contributed by atoms with van der Waals surface area (Å²) < 4.78 is 7.81. The molecule has 0 bridgehead atoms. The molecule has 4 rings (SSSR count). The molecular formula is C26H25ClN2O3S. The van der Waals surface area contributed by atoms with Crippen LogP contribution < -0.4 is 4.74 Å². The summed E-state index contributed by atoms with van der Waals surface area (Å²) in [4.78, 5) is 27.0. The zero-order chi connectivity index (χ0) is 23.7. The molecule has 0 unspecified atom stereocenters. The Labute approximate surface area is 203 Å². The molecule has 1 aliphatic heterocycles. The van der Waals surface area contributed by atoms with E-state index in [4.69, 9.17) is 16.3 Å². The number of imide groups is 1. The Morgan fingerprint density at radius 1 is 0.970 bits per heavy atom. The summed E-state index contributed by atoms with van der Waals surface area (Å²) in [6, 6.07) is 15.4. The molecule has 2 heterocycles. The Morgan fingerprint density at radius 3 is 2.39 bits per heavy atom. The standard InChI is InChI=1S/C26H25ClN2O3S/c1-16-5-8-22(13-17(16)2)29-18(3)14-20(19(29)4)15-24-25(30)28(26(31)33-24)11-12-32-23-9-6-21(27)7-10-23/h5-10,13-15H,11-12H2,1-4H3/b24-15-. The van der Waals surface area contributed by atoms with Crippen LogP contribution in [0.15, 0.2) is 53.4 Å². The molecule has 170 valence electrons. The second-order valence-corrected chi connectivity index (χ2v) is 9.50. The number of halogens is 1. The molecule has 0 atom stereocenters. The minimum Gasteiger partial charge on any atom is -0.492 e. The quantitative estimate of drug-likeness (QED) is 0.379. The van der Waals surface area contributed by atoms with Gasteiger partial charge in [0, 0.05) is 22.1 Å². The summed E-state index contributed by atoms with van der Waals surface area (Å²) >= 11 is 6.84. The predicted molar refractivity (Wildman–Crippen MR) is 134 cm³/mol. The highest BCUT2D eigenvalue weighted by Gasteiger charge is 2.35. The second-order valence-electron chi connectivity index (χ2n) is 8.07. The van der Waals surface area contributed by atoms with E-state index in [0.717, 1.165) is 34.4 Å². The predicted octanol–water partition coefficient (Wildman–Crippen LogP) is 6.48. The van der Waals surface area contributed by atoms with E-state index in [9.17, 15) is 9.59 Å². The van der Waals surface area contributed by atoms with Crippen molar-refractivity contribution >= 4 is 40.6 Å². The van der Waals surface area contributed by atoms with Crippen LogP contribution in [-0.4, -0.2) is 33.8 Å². The van der Waals surface area contributed by atoms with Gasteiger partial charge >= 0.3 is 0 Å². The average Bonchev–Trinajstić information content (AvgIpc) is 3.20. The van der Waals surface area contributed by atoms with E-state index in [1.807, 2.05) is 26.0 Å². The van der Waals surface area contributed by atoms with Crippen LogP contribution in [0.3, 0.4) is 0 Å². The first-order valence-electron chi connectivity index (χ1n) is 10.6. The fourth-order valence-corrected chi connectivity index (χ4v) is 4.80. The van der Waals surface area contributed by atoms with Crippen molar-refractivity contribution in [3.05, 3.63) is 86.5 Å². The normalized spacial score (nSPS) is 15.1. The van der Waals surface area contributed by atoms with Crippen molar-refractivity contribution < 1.29 is 14.3 Å². The fraction of sp³-hybridized carbons (Fsp3) is 0.231. The van der Waals surface area contributed by atoms with Crippen molar-refractivity contribution in [1.29, 1.82) is 0 Å². The molecule has 3 aromatic rings. The van der Waals surface area contributed by atoms with Crippen molar-refractivity contribution in [3.8, 4) is 11.4 Å². The number of aryl methyl sites for hydroxylation is 3. The zero-order valence-electron chi connectivity index (χ0n) is 19.0. The highest BCUT2D eigenvalue weighted by atomic mass is 35.5. The minimum absolute atomic E-state index is 0.187. The molecule has 1 fully saturated rings. The summed E-state index contributed by atoms with van der Waals surface area (Å²) in [6.07, 6.45) is 1.81. The lowest BCUT2D eigenvalue weighted by Gasteiger charge is -2.13. The molecule has 0 spiro atoms. The van der Waals surface area contributed by atoms with Gasteiger partial charge < -0.3 is 9.30 Å². The van der Waals surface area contributed by atoms with Crippen LogP contribution in [0.1, 0.15) is 28.1 Å². The first-order chi connectivity index (χ1) is 15.7. The summed E-state index contributed by atoms with van der Waals surface area (Å²) in [5.74, 6) is 0.349. The Morgan fingerprint density at radius 2 is 1.70 bits per heavy atom. The van der Waals surface area contributed by atoms with Crippen molar-refractivity contribution in [1.82, 2.24) is 9.47 Å². The Kier molecular flexibility index (Phi) is 6.68. The van der Waals surface area contributed by atoms with Crippen molar-refractivity contribution in [3.63, 3.8) is 0 Å². The molecule has 5 nitrogen and oxygen atoms in total. The van der Waals surface area contributed by atoms with E-state index in [-0.39, 0.29) is 24.3 Å². The van der Waals surface area contributed by atoms with Crippen LogP contribution in [0.4, 0.5) is 4.79 Å². The van der Waals surface area contributed by atoms with Gasteiger partial charge in [0.05, 0.1) is 11.4 Å². The van der Waals surface area contributed by atoms with Gasteiger partial charge in [-0.2, -0.15) is 0 Å². The van der Waals surface area contributed by atoms with E-state index in [1.54, 1.807) is 24.3 Å². The van der Waals surface area contributed by atoms with Gasteiger partial charge in [-0.1, -0.05) is 17.7 Å². The number of carbonyl (C=O) groups is 2. The van der Waals surface area contributed by atoms with E-state index in [2.05, 4.69) is 36.6 Å². The van der Waals surface area contributed by atoms with Gasteiger partial charge in [0.2, 0.25) is 0 Å². The SMILES string of the molecule is Cc1ccc(-n2c(C)cc(/C=C3\SC(=O)N(CCOc4ccc(Cl)cc4)C3=O)c2C)cc1C. The van der Waals surface area contributed by atoms with Gasteiger partial charge in [-0.05, 0) is 105 Å². The van der Waals surface area contributed by atoms with E-state index in [1.165, 1.54) is 16.0 Å². The largest absolute Gasteiger partial charge is 0.492 e. The fourth-order valence-electron chi connectivity index (χ4n) is 3.82. The molecule has 2 amide bonds. The van der Waals surface area contributed by atoms with Crippen molar-refractivity contribution in [2.24, 2.45) is 0 Å². The number of carbonyl (C=O) groups excluding carboxylic acids is 2.